The second-order valence-electron chi connectivity index (χ2n) is 3.96. The van der Waals surface area contributed by atoms with Gasteiger partial charge in [-0.2, -0.15) is 13.2 Å². The van der Waals surface area contributed by atoms with Crippen LogP contribution in [0.4, 0.5) is 13.2 Å². The Balaban J connectivity index is 3.18. The highest BCUT2D eigenvalue weighted by Gasteiger charge is 2.34. The highest BCUT2D eigenvalue weighted by Crippen LogP contribution is 2.28. The molecule has 0 aliphatic rings. The van der Waals surface area contributed by atoms with E-state index in [-0.39, 0.29) is 0 Å². The Hall–Kier alpha value is -1.83. The molecule has 0 aliphatic heterocycles. The summed E-state index contributed by atoms with van der Waals surface area (Å²) in [5.74, 6) is -1.63. The van der Waals surface area contributed by atoms with E-state index in [1.165, 1.54) is 0 Å². The Bertz CT molecular complexity index is 519. The summed E-state index contributed by atoms with van der Waals surface area (Å²) in [6.07, 6.45) is -4.18. The highest BCUT2D eigenvalue weighted by molar-refractivity contribution is 5.76. The number of pyridine rings is 1. The summed E-state index contributed by atoms with van der Waals surface area (Å²) < 4.78 is 37.7. The molecule has 1 heterocycles. The van der Waals surface area contributed by atoms with E-state index in [0.717, 1.165) is 6.92 Å². The van der Waals surface area contributed by atoms with Crippen molar-refractivity contribution in [1.29, 1.82) is 0 Å². The van der Waals surface area contributed by atoms with Crippen molar-refractivity contribution in [1.82, 2.24) is 4.57 Å². The van der Waals surface area contributed by atoms with Gasteiger partial charge in [0, 0.05) is 12.3 Å². The summed E-state index contributed by atoms with van der Waals surface area (Å²) in [6, 6.07) is 1.26. The van der Waals surface area contributed by atoms with Gasteiger partial charge in [-0.3, -0.25) is 4.79 Å². The van der Waals surface area contributed by atoms with Crippen LogP contribution in [0.25, 0.3) is 0 Å². The zero-order chi connectivity index (χ0) is 14.1. The topological polar surface area (TPSA) is 79.5 Å². The second kappa shape index (κ2) is 4.45. The first-order valence-electron chi connectivity index (χ1n) is 4.77. The van der Waals surface area contributed by atoms with E-state index in [0.29, 0.717) is 22.9 Å². The number of alkyl halides is 3. The van der Waals surface area contributed by atoms with E-state index in [1.54, 1.807) is 0 Å². The summed E-state index contributed by atoms with van der Waals surface area (Å²) in [6.45, 7) is 0.118. The predicted molar refractivity (Wildman–Crippen MR) is 54.0 cm³/mol. The zero-order valence-electron chi connectivity index (χ0n) is 9.23. The molecular formula is C10H10F3NO4. The van der Waals surface area contributed by atoms with Gasteiger partial charge in [0.1, 0.15) is 0 Å². The monoisotopic (exact) mass is 265 g/mol. The molecule has 18 heavy (non-hydrogen) atoms. The number of rotatable bonds is 3. The quantitative estimate of drug-likeness (QED) is 0.843. The molecular weight excluding hydrogens is 255 g/mol. The number of halogens is 3. The fourth-order valence-electron chi connectivity index (χ4n) is 1.22. The van der Waals surface area contributed by atoms with Gasteiger partial charge in [0.25, 0.3) is 5.56 Å². The third-order valence-corrected chi connectivity index (χ3v) is 2.25. The van der Waals surface area contributed by atoms with Crippen LogP contribution in [-0.4, -0.2) is 26.4 Å². The van der Waals surface area contributed by atoms with Gasteiger partial charge >= 0.3 is 12.1 Å². The van der Waals surface area contributed by atoms with Crippen LogP contribution < -0.4 is 5.56 Å². The minimum absolute atomic E-state index is 0.472. The summed E-state index contributed by atoms with van der Waals surface area (Å²) in [5, 5.41) is 18.1. The Labute approximate surface area is 99.1 Å². The van der Waals surface area contributed by atoms with Gasteiger partial charge in [-0.15, -0.1) is 0 Å². The van der Waals surface area contributed by atoms with Crippen LogP contribution in [0.1, 0.15) is 12.5 Å². The first kappa shape index (κ1) is 14.2. The molecule has 1 aromatic rings. The van der Waals surface area contributed by atoms with Crippen molar-refractivity contribution in [3.8, 4) is 0 Å². The van der Waals surface area contributed by atoms with Crippen LogP contribution in [0, 0.1) is 0 Å². The maximum absolute atomic E-state index is 12.4. The molecule has 1 atom stereocenters. The Morgan fingerprint density at radius 2 is 1.94 bits per heavy atom. The molecule has 0 unspecified atom stereocenters. The maximum atomic E-state index is 12.4. The molecule has 0 saturated carbocycles. The van der Waals surface area contributed by atoms with Crippen molar-refractivity contribution >= 4 is 5.97 Å². The molecule has 0 bridgehead atoms. The molecule has 8 heteroatoms. The van der Waals surface area contributed by atoms with Crippen molar-refractivity contribution in [2.75, 3.05) is 0 Å². The zero-order valence-corrected chi connectivity index (χ0v) is 9.23. The minimum atomic E-state index is -4.65. The van der Waals surface area contributed by atoms with Crippen LogP contribution in [0.15, 0.2) is 23.1 Å². The van der Waals surface area contributed by atoms with Gasteiger partial charge in [0.05, 0.1) is 12.1 Å². The lowest BCUT2D eigenvalue weighted by Gasteiger charge is -2.19. The van der Waals surface area contributed by atoms with Gasteiger partial charge in [-0.05, 0) is 13.0 Å². The van der Waals surface area contributed by atoms with E-state index >= 15 is 0 Å². The number of aromatic nitrogens is 1. The minimum Gasteiger partial charge on any atom is -0.479 e. The lowest BCUT2D eigenvalue weighted by Crippen LogP contribution is -2.42. The second-order valence-corrected chi connectivity index (χ2v) is 3.96. The van der Waals surface area contributed by atoms with Crippen molar-refractivity contribution in [3.05, 3.63) is 34.2 Å². The molecule has 1 rings (SSSR count). The molecule has 2 N–H and O–H groups in total. The lowest BCUT2D eigenvalue weighted by molar-refractivity contribution is -0.158. The van der Waals surface area contributed by atoms with Gasteiger partial charge in [0.15, 0.2) is 5.60 Å². The van der Waals surface area contributed by atoms with E-state index in [1.807, 2.05) is 0 Å². The number of carbonyl (C=O) groups is 1. The number of hydrogen-bond donors (Lipinski definition) is 2. The molecule has 0 fully saturated rings. The smallest absolute Gasteiger partial charge is 0.417 e. The summed E-state index contributed by atoms with van der Waals surface area (Å²) >= 11 is 0. The van der Waals surface area contributed by atoms with Gasteiger partial charge in [-0.25, -0.2) is 4.79 Å². The average Bonchev–Trinajstić information content (AvgIpc) is 2.19. The lowest BCUT2D eigenvalue weighted by atomic mass is 10.1. The van der Waals surface area contributed by atoms with Crippen molar-refractivity contribution in [2.45, 2.75) is 25.2 Å². The fraction of sp³-hybridized carbons (Fsp3) is 0.400. The van der Waals surface area contributed by atoms with Crippen LogP contribution in [0.5, 0.6) is 0 Å². The number of carboxylic acid groups (broad SMARTS) is 1. The Morgan fingerprint density at radius 1 is 1.39 bits per heavy atom. The van der Waals surface area contributed by atoms with E-state index in [9.17, 15) is 27.9 Å². The molecule has 0 radical (unpaired) electrons. The van der Waals surface area contributed by atoms with E-state index in [4.69, 9.17) is 5.11 Å². The van der Waals surface area contributed by atoms with Gasteiger partial charge in [0.2, 0.25) is 0 Å². The maximum Gasteiger partial charge on any atom is 0.417 e. The van der Waals surface area contributed by atoms with Gasteiger partial charge < -0.3 is 14.8 Å². The molecule has 5 nitrogen and oxygen atoms in total. The average molecular weight is 265 g/mol. The third kappa shape index (κ3) is 3.10. The molecule has 0 aliphatic carbocycles. The normalized spacial score (nSPS) is 15.2. The van der Waals surface area contributed by atoms with Crippen LogP contribution in [0.2, 0.25) is 0 Å². The van der Waals surface area contributed by atoms with E-state index in [2.05, 4.69) is 0 Å². The van der Waals surface area contributed by atoms with Crippen molar-refractivity contribution in [2.24, 2.45) is 0 Å². The fourth-order valence-corrected chi connectivity index (χ4v) is 1.22. The summed E-state index contributed by atoms with van der Waals surface area (Å²) in [7, 11) is 0. The van der Waals surface area contributed by atoms with Crippen molar-refractivity contribution in [3.63, 3.8) is 0 Å². The number of nitrogens with zero attached hydrogens (tertiary/aromatic N) is 1. The SMILES string of the molecule is C[C@](O)(Cn1cc(C(F)(F)F)ccc1=O)C(=O)O. The third-order valence-electron chi connectivity index (χ3n) is 2.25. The highest BCUT2D eigenvalue weighted by atomic mass is 19.4. The number of aliphatic carboxylic acids is 1. The van der Waals surface area contributed by atoms with Crippen LogP contribution in [-0.2, 0) is 17.5 Å². The van der Waals surface area contributed by atoms with Crippen LogP contribution in [0.3, 0.4) is 0 Å². The van der Waals surface area contributed by atoms with Gasteiger partial charge in [-0.1, -0.05) is 0 Å². The first-order valence-corrected chi connectivity index (χ1v) is 4.77. The number of aliphatic hydroxyl groups is 1. The molecule has 0 aromatic carbocycles. The molecule has 1 aromatic heterocycles. The number of carboxylic acids is 1. The standard InChI is InChI=1S/C10H10F3NO4/c1-9(18,8(16)17)5-14-4-6(10(11,12)13)2-3-7(14)15/h2-4,18H,5H2,1H3,(H,16,17)/t9-/m0/s1. The molecule has 0 amide bonds. The van der Waals surface area contributed by atoms with E-state index < -0.39 is 35.4 Å². The predicted octanol–water partition coefficient (Wildman–Crippen LogP) is 0.703. The Kier molecular flexibility index (Phi) is 3.52. The molecule has 100 valence electrons. The number of hydrogen-bond acceptors (Lipinski definition) is 3. The summed E-state index contributed by atoms with van der Waals surface area (Å²) in [5.41, 5.74) is -4.25. The molecule has 0 saturated heterocycles. The first-order chi connectivity index (χ1) is 8.04. The summed E-state index contributed by atoms with van der Waals surface area (Å²) in [4.78, 5) is 21.9. The van der Waals surface area contributed by atoms with Crippen molar-refractivity contribution < 1.29 is 28.2 Å². The molecule has 0 spiro atoms. The van der Waals surface area contributed by atoms with Crippen LogP contribution >= 0.6 is 0 Å². The Morgan fingerprint density at radius 3 is 2.39 bits per heavy atom. The largest absolute Gasteiger partial charge is 0.479 e.